The lowest BCUT2D eigenvalue weighted by atomic mass is 9.88. The van der Waals surface area contributed by atoms with E-state index in [9.17, 15) is 14.7 Å². The molecule has 2 rings (SSSR count). The van der Waals surface area contributed by atoms with Crippen LogP contribution in [-0.2, 0) is 9.53 Å². The number of rotatable bonds is 4. The first-order valence-corrected chi connectivity index (χ1v) is 8.15. The fourth-order valence-corrected chi connectivity index (χ4v) is 2.92. The van der Waals surface area contributed by atoms with Crippen LogP contribution in [0.2, 0.25) is 0 Å². The van der Waals surface area contributed by atoms with Crippen molar-refractivity contribution in [3.05, 3.63) is 29.8 Å². The van der Waals surface area contributed by atoms with Gasteiger partial charge in [0.15, 0.2) is 0 Å². The number of carbonyl (C=O) groups excluding carboxylic acids is 1. The average Bonchev–Trinajstić information content (AvgIpc) is 2.92. The molecule has 0 saturated carbocycles. The Morgan fingerprint density at radius 3 is 2.50 bits per heavy atom. The molecule has 0 radical (unpaired) electrons. The minimum atomic E-state index is -0.919. The van der Waals surface area contributed by atoms with E-state index < -0.39 is 23.6 Å². The van der Waals surface area contributed by atoms with Crippen LogP contribution in [0.1, 0.15) is 39.2 Å². The molecule has 1 heterocycles. The maximum absolute atomic E-state index is 12.3. The van der Waals surface area contributed by atoms with Crippen LogP contribution in [0.3, 0.4) is 0 Å². The molecule has 1 aliphatic rings. The van der Waals surface area contributed by atoms with E-state index in [4.69, 9.17) is 9.47 Å². The zero-order valence-electron chi connectivity index (χ0n) is 14.6. The van der Waals surface area contributed by atoms with E-state index in [1.807, 2.05) is 31.2 Å². The van der Waals surface area contributed by atoms with Crippen LogP contribution in [0.25, 0.3) is 0 Å². The molecule has 0 aliphatic carbocycles. The van der Waals surface area contributed by atoms with E-state index in [-0.39, 0.29) is 12.5 Å². The number of para-hydroxylation sites is 1. The number of aliphatic carboxylic acids is 1. The molecule has 1 fully saturated rings. The van der Waals surface area contributed by atoms with Crippen molar-refractivity contribution in [2.24, 2.45) is 5.92 Å². The number of hydrogen-bond donors (Lipinski definition) is 1. The van der Waals surface area contributed by atoms with Gasteiger partial charge in [-0.15, -0.1) is 0 Å². The molecule has 1 N–H and O–H groups in total. The van der Waals surface area contributed by atoms with Crippen molar-refractivity contribution in [1.29, 1.82) is 0 Å². The van der Waals surface area contributed by atoms with Crippen LogP contribution in [-0.4, -0.2) is 47.4 Å². The molecule has 6 heteroatoms. The molecular weight excluding hydrogens is 310 g/mol. The van der Waals surface area contributed by atoms with E-state index in [1.165, 1.54) is 4.90 Å². The predicted octanol–water partition coefficient (Wildman–Crippen LogP) is 3.12. The number of hydrogen-bond acceptors (Lipinski definition) is 4. The summed E-state index contributed by atoms with van der Waals surface area (Å²) < 4.78 is 11.0. The van der Waals surface area contributed by atoms with Crippen molar-refractivity contribution in [3.8, 4) is 5.75 Å². The Bertz CT molecular complexity index is 608. The van der Waals surface area contributed by atoms with Crippen molar-refractivity contribution in [2.45, 2.75) is 39.2 Å². The molecule has 1 aliphatic heterocycles. The van der Waals surface area contributed by atoms with Gasteiger partial charge in [0.25, 0.3) is 0 Å². The number of ether oxygens (including phenoxy) is 2. The highest BCUT2D eigenvalue weighted by Gasteiger charge is 2.42. The first-order chi connectivity index (χ1) is 11.2. The van der Waals surface area contributed by atoms with Gasteiger partial charge in [0.05, 0.1) is 12.5 Å². The van der Waals surface area contributed by atoms with Gasteiger partial charge >= 0.3 is 12.1 Å². The SMILES string of the molecule is CCOc1ccccc1[C@@H]1CN(C(=O)OC(C)(C)C)C[C@H]1C(=O)O. The number of nitrogens with zero attached hydrogens (tertiary/aromatic N) is 1. The summed E-state index contributed by atoms with van der Waals surface area (Å²) in [4.78, 5) is 25.5. The second kappa shape index (κ2) is 7.11. The summed E-state index contributed by atoms with van der Waals surface area (Å²) in [5.41, 5.74) is 0.203. The van der Waals surface area contributed by atoms with Crippen molar-refractivity contribution in [3.63, 3.8) is 0 Å². The summed E-state index contributed by atoms with van der Waals surface area (Å²) in [6.45, 7) is 8.18. The lowest BCUT2D eigenvalue weighted by molar-refractivity contribution is -0.141. The first kappa shape index (κ1) is 18.1. The Balaban J connectivity index is 2.26. The number of carboxylic acid groups (broad SMARTS) is 1. The zero-order valence-corrected chi connectivity index (χ0v) is 14.6. The monoisotopic (exact) mass is 335 g/mol. The molecule has 0 bridgehead atoms. The Hall–Kier alpha value is -2.24. The number of likely N-dealkylation sites (tertiary alicyclic amines) is 1. The van der Waals surface area contributed by atoms with Crippen LogP contribution in [0.15, 0.2) is 24.3 Å². The highest BCUT2D eigenvalue weighted by Crippen LogP contribution is 2.38. The van der Waals surface area contributed by atoms with Gasteiger partial charge in [-0.05, 0) is 39.3 Å². The molecule has 0 aromatic heterocycles. The number of amides is 1. The minimum Gasteiger partial charge on any atom is -0.494 e. The smallest absolute Gasteiger partial charge is 0.410 e. The van der Waals surface area contributed by atoms with Gasteiger partial charge in [-0.3, -0.25) is 4.79 Å². The lowest BCUT2D eigenvalue weighted by Crippen LogP contribution is -2.35. The van der Waals surface area contributed by atoms with Gasteiger partial charge in [-0.2, -0.15) is 0 Å². The molecule has 132 valence electrons. The summed E-state index contributed by atoms with van der Waals surface area (Å²) in [5, 5.41) is 9.58. The van der Waals surface area contributed by atoms with Crippen molar-refractivity contribution in [2.75, 3.05) is 19.7 Å². The highest BCUT2D eigenvalue weighted by atomic mass is 16.6. The quantitative estimate of drug-likeness (QED) is 0.915. The van der Waals surface area contributed by atoms with Crippen LogP contribution >= 0.6 is 0 Å². The Morgan fingerprint density at radius 1 is 1.25 bits per heavy atom. The molecule has 24 heavy (non-hydrogen) atoms. The van der Waals surface area contributed by atoms with Gasteiger partial charge in [0, 0.05) is 19.0 Å². The third-order valence-electron chi connectivity index (χ3n) is 3.91. The second-order valence-electron chi connectivity index (χ2n) is 6.91. The molecule has 2 atom stereocenters. The van der Waals surface area contributed by atoms with Gasteiger partial charge in [-0.25, -0.2) is 4.79 Å². The van der Waals surface area contributed by atoms with Crippen molar-refractivity contribution < 1.29 is 24.2 Å². The maximum Gasteiger partial charge on any atom is 0.410 e. The second-order valence-corrected chi connectivity index (χ2v) is 6.91. The van der Waals surface area contributed by atoms with Gasteiger partial charge in [0.2, 0.25) is 0 Å². The van der Waals surface area contributed by atoms with E-state index in [0.29, 0.717) is 18.9 Å². The number of benzene rings is 1. The first-order valence-electron chi connectivity index (χ1n) is 8.15. The third kappa shape index (κ3) is 4.19. The normalized spacial score (nSPS) is 20.8. The zero-order chi connectivity index (χ0) is 17.9. The minimum absolute atomic E-state index is 0.134. The summed E-state index contributed by atoms with van der Waals surface area (Å²) in [6.07, 6.45) is -0.481. The Morgan fingerprint density at radius 2 is 1.92 bits per heavy atom. The van der Waals surface area contributed by atoms with Crippen molar-refractivity contribution >= 4 is 12.1 Å². The molecular formula is C18H25NO5. The predicted molar refractivity (Wildman–Crippen MR) is 89.3 cm³/mol. The summed E-state index contributed by atoms with van der Waals surface area (Å²) >= 11 is 0. The largest absolute Gasteiger partial charge is 0.494 e. The maximum atomic E-state index is 12.3. The van der Waals surface area contributed by atoms with E-state index >= 15 is 0 Å². The number of carbonyl (C=O) groups is 2. The van der Waals surface area contributed by atoms with E-state index in [1.54, 1.807) is 20.8 Å². The lowest BCUT2D eigenvalue weighted by Gasteiger charge is -2.24. The molecule has 6 nitrogen and oxygen atoms in total. The van der Waals surface area contributed by atoms with Crippen LogP contribution in [0.4, 0.5) is 4.79 Å². The Kier molecular flexibility index (Phi) is 5.36. The molecule has 1 aromatic carbocycles. The van der Waals surface area contributed by atoms with E-state index in [2.05, 4.69) is 0 Å². The standard InChI is InChI=1S/C18H25NO5/c1-5-23-15-9-7-6-8-12(15)13-10-19(11-14(13)16(20)21)17(22)24-18(2,3)4/h6-9,13-14H,5,10-11H2,1-4H3,(H,20,21)/t13-,14+/m0/s1. The molecule has 1 amide bonds. The molecule has 0 spiro atoms. The van der Waals surface area contributed by atoms with Gasteiger partial charge < -0.3 is 19.5 Å². The van der Waals surface area contributed by atoms with Crippen LogP contribution < -0.4 is 4.74 Å². The van der Waals surface area contributed by atoms with E-state index in [0.717, 1.165) is 5.56 Å². The summed E-state index contributed by atoms with van der Waals surface area (Å²) in [5.74, 6) is -1.25. The molecule has 1 aromatic rings. The van der Waals surface area contributed by atoms with Crippen molar-refractivity contribution in [1.82, 2.24) is 4.90 Å². The van der Waals surface area contributed by atoms with Gasteiger partial charge in [-0.1, -0.05) is 18.2 Å². The molecule has 1 saturated heterocycles. The van der Waals surface area contributed by atoms with Gasteiger partial charge in [0.1, 0.15) is 11.4 Å². The Labute approximate surface area is 142 Å². The summed E-state index contributed by atoms with van der Waals surface area (Å²) in [7, 11) is 0. The highest BCUT2D eigenvalue weighted by molar-refractivity contribution is 5.76. The fraction of sp³-hybridized carbons (Fsp3) is 0.556. The molecule has 0 unspecified atom stereocenters. The third-order valence-corrected chi connectivity index (χ3v) is 3.91. The summed E-state index contributed by atoms with van der Waals surface area (Å²) in [6, 6.07) is 7.40. The number of carboxylic acids is 1. The average molecular weight is 335 g/mol. The fourth-order valence-electron chi connectivity index (χ4n) is 2.92. The van der Waals surface area contributed by atoms with Crippen LogP contribution in [0.5, 0.6) is 5.75 Å². The van der Waals surface area contributed by atoms with Crippen LogP contribution in [0, 0.1) is 5.92 Å². The topological polar surface area (TPSA) is 76.1 Å².